The molecule has 0 amide bonds. The molecule has 0 aliphatic carbocycles. The standard InChI is InChI=1S/C15H22N2O6.ClH/c1-10(2)16-7-12(18)8-21-14-5-3-4-11-6-13(23-17(19)20)9-22-15(11)14;/h3-5,10,12-13,16,18H,6-9H2,1-2H3;1H. The Bertz CT molecular complexity index is 543. The van der Waals surface area contributed by atoms with Crippen LogP contribution < -0.4 is 14.8 Å². The molecular weight excluding hydrogens is 340 g/mol. The van der Waals surface area contributed by atoms with Gasteiger partial charge in [-0.15, -0.1) is 22.5 Å². The zero-order valence-corrected chi connectivity index (χ0v) is 14.5. The van der Waals surface area contributed by atoms with E-state index >= 15 is 0 Å². The molecular formula is C15H23ClN2O6. The maximum Gasteiger partial charge on any atom is 0.294 e. The fourth-order valence-electron chi connectivity index (χ4n) is 2.29. The molecule has 136 valence electrons. The molecule has 9 heteroatoms. The Hall–Kier alpha value is -1.77. The van der Waals surface area contributed by atoms with Crippen molar-refractivity contribution in [2.24, 2.45) is 0 Å². The second-order valence-corrected chi connectivity index (χ2v) is 5.74. The van der Waals surface area contributed by atoms with Crippen molar-refractivity contribution in [2.75, 3.05) is 19.8 Å². The van der Waals surface area contributed by atoms with E-state index in [4.69, 9.17) is 9.47 Å². The SMILES string of the molecule is CC(C)NCC(O)COc1cccc2c1OCC(O[N+](=O)[O-])C2.Cl. The first-order valence-corrected chi connectivity index (χ1v) is 7.55. The number of ether oxygens (including phenoxy) is 2. The van der Waals surface area contributed by atoms with E-state index in [9.17, 15) is 15.2 Å². The molecule has 1 aromatic rings. The molecule has 0 radical (unpaired) electrons. The maximum absolute atomic E-state index is 10.4. The van der Waals surface area contributed by atoms with E-state index in [0.29, 0.717) is 24.5 Å². The quantitative estimate of drug-likeness (QED) is 0.531. The zero-order chi connectivity index (χ0) is 16.8. The number of aliphatic hydroxyl groups excluding tert-OH is 1. The van der Waals surface area contributed by atoms with Gasteiger partial charge in [-0.25, -0.2) is 0 Å². The van der Waals surface area contributed by atoms with Crippen LogP contribution in [0.15, 0.2) is 18.2 Å². The summed E-state index contributed by atoms with van der Waals surface area (Å²) in [7, 11) is 0. The number of nitrogens with zero attached hydrogens (tertiary/aromatic N) is 1. The summed E-state index contributed by atoms with van der Waals surface area (Å²) in [5.74, 6) is 1.07. The molecule has 2 rings (SSSR count). The van der Waals surface area contributed by atoms with Crippen molar-refractivity contribution in [1.82, 2.24) is 5.32 Å². The second kappa shape index (κ2) is 9.51. The molecule has 0 bridgehead atoms. The van der Waals surface area contributed by atoms with E-state index in [1.165, 1.54) is 0 Å². The third-order valence-corrected chi connectivity index (χ3v) is 3.35. The molecule has 1 aliphatic rings. The van der Waals surface area contributed by atoms with Crippen molar-refractivity contribution in [2.45, 2.75) is 38.5 Å². The lowest BCUT2D eigenvalue weighted by Crippen LogP contribution is -2.35. The van der Waals surface area contributed by atoms with Gasteiger partial charge in [0.05, 0.1) is 0 Å². The first-order chi connectivity index (χ1) is 11.0. The molecule has 1 aliphatic heterocycles. The highest BCUT2D eigenvalue weighted by molar-refractivity contribution is 5.85. The van der Waals surface area contributed by atoms with Gasteiger partial charge >= 0.3 is 0 Å². The van der Waals surface area contributed by atoms with E-state index in [0.717, 1.165) is 5.56 Å². The van der Waals surface area contributed by atoms with Gasteiger partial charge in [0, 0.05) is 24.6 Å². The molecule has 2 N–H and O–H groups in total. The summed E-state index contributed by atoms with van der Waals surface area (Å²) in [6.45, 7) is 4.66. The maximum atomic E-state index is 10.4. The minimum atomic E-state index is -0.808. The minimum Gasteiger partial charge on any atom is -0.487 e. The zero-order valence-electron chi connectivity index (χ0n) is 13.6. The monoisotopic (exact) mass is 362 g/mol. The Morgan fingerprint density at radius 3 is 2.92 bits per heavy atom. The van der Waals surface area contributed by atoms with Gasteiger partial charge in [0.1, 0.15) is 25.4 Å². The summed E-state index contributed by atoms with van der Waals surface area (Å²) in [4.78, 5) is 15.0. The van der Waals surface area contributed by atoms with Crippen LogP contribution in [0.5, 0.6) is 11.5 Å². The third kappa shape index (κ3) is 6.03. The van der Waals surface area contributed by atoms with Crippen LogP contribution in [0.4, 0.5) is 0 Å². The number of nitrogens with one attached hydrogen (secondary N) is 1. The number of halogens is 1. The number of aliphatic hydroxyl groups is 1. The summed E-state index contributed by atoms with van der Waals surface area (Å²) in [5, 5.41) is 22.6. The van der Waals surface area contributed by atoms with Crippen LogP contribution in [0.3, 0.4) is 0 Å². The summed E-state index contributed by atoms with van der Waals surface area (Å²) < 4.78 is 11.2. The normalized spacial score (nSPS) is 17.2. The molecule has 1 aromatic carbocycles. The molecule has 2 unspecified atom stereocenters. The van der Waals surface area contributed by atoms with Crippen molar-refractivity contribution in [3.05, 3.63) is 33.9 Å². The lowest BCUT2D eigenvalue weighted by atomic mass is 10.0. The Morgan fingerprint density at radius 1 is 1.50 bits per heavy atom. The van der Waals surface area contributed by atoms with E-state index in [2.05, 4.69) is 10.2 Å². The van der Waals surface area contributed by atoms with Crippen LogP contribution in [-0.2, 0) is 11.3 Å². The van der Waals surface area contributed by atoms with Crippen molar-refractivity contribution in [1.29, 1.82) is 0 Å². The van der Waals surface area contributed by atoms with E-state index in [1.807, 2.05) is 19.9 Å². The van der Waals surface area contributed by atoms with Gasteiger partial charge < -0.3 is 24.7 Å². The molecule has 0 fully saturated rings. The third-order valence-electron chi connectivity index (χ3n) is 3.35. The van der Waals surface area contributed by atoms with Gasteiger partial charge in [0.25, 0.3) is 5.09 Å². The van der Waals surface area contributed by atoms with Crippen molar-refractivity contribution < 1.29 is 24.5 Å². The molecule has 24 heavy (non-hydrogen) atoms. The van der Waals surface area contributed by atoms with E-state index < -0.39 is 17.3 Å². The van der Waals surface area contributed by atoms with Gasteiger partial charge in [-0.3, -0.25) is 0 Å². The summed E-state index contributed by atoms with van der Waals surface area (Å²) >= 11 is 0. The molecule has 8 nitrogen and oxygen atoms in total. The van der Waals surface area contributed by atoms with Crippen LogP contribution >= 0.6 is 12.4 Å². The van der Waals surface area contributed by atoms with Crippen LogP contribution in [0.1, 0.15) is 19.4 Å². The van der Waals surface area contributed by atoms with Crippen LogP contribution in [0, 0.1) is 10.1 Å². The van der Waals surface area contributed by atoms with Crippen molar-refractivity contribution in [3.63, 3.8) is 0 Å². The predicted molar refractivity (Wildman–Crippen MR) is 89.4 cm³/mol. The Labute approximate surface area is 146 Å². The molecule has 0 saturated carbocycles. The van der Waals surface area contributed by atoms with E-state index in [-0.39, 0.29) is 31.7 Å². The van der Waals surface area contributed by atoms with Gasteiger partial charge in [-0.2, -0.15) is 0 Å². The average Bonchev–Trinajstić information content (AvgIpc) is 2.49. The summed E-state index contributed by atoms with van der Waals surface area (Å²) in [5.41, 5.74) is 0.787. The van der Waals surface area contributed by atoms with Gasteiger partial charge in [-0.05, 0) is 6.07 Å². The minimum absolute atomic E-state index is 0. The molecule has 0 spiro atoms. The Kier molecular flexibility index (Phi) is 8.03. The number of hydrogen-bond acceptors (Lipinski definition) is 7. The van der Waals surface area contributed by atoms with Crippen LogP contribution in [-0.4, -0.2) is 48.2 Å². The molecule has 0 saturated heterocycles. The first kappa shape index (κ1) is 20.3. The molecule has 2 atom stereocenters. The van der Waals surface area contributed by atoms with Crippen LogP contribution in [0.2, 0.25) is 0 Å². The molecule has 0 aromatic heterocycles. The van der Waals surface area contributed by atoms with Gasteiger partial charge in [0.2, 0.25) is 0 Å². The first-order valence-electron chi connectivity index (χ1n) is 7.55. The van der Waals surface area contributed by atoms with Gasteiger partial charge in [0.15, 0.2) is 11.5 Å². The smallest absolute Gasteiger partial charge is 0.294 e. The predicted octanol–water partition coefficient (Wildman–Crippen LogP) is 1.36. The fraction of sp³-hybridized carbons (Fsp3) is 0.600. The second-order valence-electron chi connectivity index (χ2n) is 5.74. The topological polar surface area (TPSA) is 103 Å². The highest BCUT2D eigenvalue weighted by Crippen LogP contribution is 2.35. The highest BCUT2D eigenvalue weighted by atomic mass is 35.5. The lowest BCUT2D eigenvalue weighted by molar-refractivity contribution is -0.769. The highest BCUT2D eigenvalue weighted by Gasteiger charge is 2.25. The van der Waals surface area contributed by atoms with Gasteiger partial charge in [-0.1, -0.05) is 26.0 Å². The largest absolute Gasteiger partial charge is 0.487 e. The van der Waals surface area contributed by atoms with E-state index in [1.54, 1.807) is 12.1 Å². The summed E-state index contributed by atoms with van der Waals surface area (Å²) in [6, 6.07) is 5.63. The van der Waals surface area contributed by atoms with Crippen LogP contribution in [0.25, 0.3) is 0 Å². The Morgan fingerprint density at radius 2 is 2.25 bits per heavy atom. The van der Waals surface area contributed by atoms with Crippen molar-refractivity contribution in [3.8, 4) is 11.5 Å². The fourth-order valence-corrected chi connectivity index (χ4v) is 2.29. The Balaban J connectivity index is 0.00000288. The number of benzene rings is 1. The number of para-hydroxylation sites is 1. The summed E-state index contributed by atoms with van der Waals surface area (Å²) in [6.07, 6.45) is -0.874. The number of fused-ring (bicyclic) bond motifs is 1. The molecule has 1 heterocycles. The number of hydrogen-bond donors (Lipinski definition) is 2. The van der Waals surface area contributed by atoms with Crippen molar-refractivity contribution >= 4 is 12.4 Å². The number of rotatable bonds is 8. The lowest BCUT2D eigenvalue weighted by Gasteiger charge is -2.25. The average molecular weight is 363 g/mol.